The zero-order valence-corrected chi connectivity index (χ0v) is 18.5. The van der Waals surface area contributed by atoms with Crippen molar-refractivity contribution < 1.29 is 28.6 Å². The number of esters is 2. The summed E-state index contributed by atoms with van der Waals surface area (Å²) in [5.41, 5.74) is 2.70. The Bertz CT molecular complexity index is 1050. The van der Waals surface area contributed by atoms with Crippen LogP contribution in [0.4, 0.5) is 10.5 Å². The number of cyclic esters (lactones) is 1. The van der Waals surface area contributed by atoms with Crippen LogP contribution in [-0.2, 0) is 36.6 Å². The van der Waals surface area contributed by atoms with Crippen LogP contribution in [0.25, 0.3) is 0 Å². The average Bonchev–Trinajstić information content (AvgIpc) is 3.19. The van der Waals surface area contributed by atoms with Gasteiger partial charge in [-0.3, -0.25) is 14.5 Å². The fraction of sp³-hybridized carbons (Fsp3) is 0.304. The van der Waals surface area contributed by atoms with Gasteiger partial charge in [0.2, 0.25) is 0 Å². The van der Waals surface area contributed by atoms with Crippen molar-refractivity contribution in [3.8, 4) is 6.07 Å². The van der Waals surface area contributed by atoms with Crippen molar-refractivity contribution in [2.45, 2.75) is 23.8 Å². The highest BCUT2D eigenvalue weighted by atomic mass is 32.2. The molecule has 0 bridgehead atoms. The number of ether oxygens (including phenoxy) is 3. The molecule has 2 aromatic carbocycles. The van der Waals surface area contributed by atoms with Gasteiger partial charge in [0.15, 0.2) is 0 Å². The highest BCUT2D eigenvalue weighted by Crippen LogP contribution is 2.29. The summed E-state index contributed by atoms with van der Waals surface area (Å²) in [5, 5.41) is 8.93. The van der Waals surface area contributed by atoms with Crippen LogP contribution in [0.1, 0.15) is 16.7 Å². The lowest BCUT2D eigenvalue weighted by atomic mass is 10.1. The minimum absolute atomic E-state index is 0.0964. The summed E-state index contributed by atoms with van der Waals surface area (Å²) in [7, 11) is 2.66. The average molecular weight is 455 g/mol. The first-order valence-corrected chi connectivity index (χ1v) is 10.8. The number of methoxy groups -OCH3 is 2. The maximum absolute atomic E-state index is 12.3. The Labute approximate surface area is 190 Å². The lowest BCUT2D eigenvalue weighted by Gasteiger charge is -2.14. The van der Waals surface area contributed by atoms with Gasteiger partial charge in [0.1, 0.15) is 6.10 Å². The molecule has 9 heteroatoms. The molecule has 1 fully saturated rings. The van der Waals surface area contributed by atoms with Crippen molar-refractivity contribution in [3.05, 3.63) is 59.2 Å². The standard InChI is InChI=1S/C23H22N2O6S/c1-29-21(26)10-16-3-6-17(11-22(27)30-2)20(9-16)32-14-19-13-25(23(28)31-19)18-7-4-15(12-24)5-8-18/h3-9,19H,10-11,13-14H2,1-2H3. The van der Waals surface area contributed by atoms with Crippen LogP contribution in [0.3, 0.4) is 0 Å². The zero-order valence-electron chi connectivity index (χ0n) is 17.7. The van der Waals surface area contributed by atoms with E-state index in [-0.39, 0.29) is 30.9 Å². The summed E-state index contributed by atoms with van der Waals surface area (Å²) < 4.78 is 15.0. The first kappa shape index (κ1) is 23.2. The van der Waals surface area contributed by atoms with Gasteiger partial charge in [-0.25, -0.2) is 4.79 Å². The van der Waals surface area contributed by atoms with E-state index in [1.54, 1.807) is 36.4 Å². The minimum Gasteiger partial charge on any atom is -0.469 e. The highest BCUT2D eigenvalue weighted by Gasteiger charge is 2.32. The molecular formula is C23H22N2O6S. The molecule has 0 N–H and O–H groups in total. The van der Waals surface area contributed by atoms with Gasteiger partial charge in [0, 0.05) is 16.3 Å². The number of hydrogen-bond acceptors (Lipinski definition) is 8. The Morgan fingerprint density at radius 3 is 2.47 bits per heavy atom. The maximum atomic E-state index is 12.3. The number of rotatable bonds is 8. The lowest BCUT2D eigenvalue weighted by molar-refractivity contribution is -0.140. The third-order valence-electron chi connectivity index (χ3n) is 4.88. The molecule has 0 aliphatic carbocycles. The van der Waals surface area contributed by atoms with E-state index in [0.717, 1.165) is 16.0 Å². The van der Waals surface area contributed by atoms with Crippen LogP contribution < -0.4 is 4.90 Å². The van der Waals surface area contributed by atoms with Crippen LogP contribution in [0, 0.1) is 11.3 Å². The fourth-order valence-electron chi connectivity index (χ4n) is 3.17. The maximum Gasteiger partial charge on any atom is 0.414 e. The monoisotopic (exact) mass is 454 g/mol. The molecule has 0 saturated carbocycles. The van der Waals surface area contributed by atoms with E-state index < -0.39 is 6.09 Å². The van der Waals surface area contributed by atoms with Gasteiger partial charge in [0.05, 0.1) is 45.2 Å². The number of nitriles is 1. The summed E-state index contributed by atoms with van der Waals surface area (Å²) in [5.74, 6) is -0.259. The molecule has 32 heavy (non-hydrogen) atoms. The summed E-state index contributed by atoms with van der Waals surface area (Å²) >= 11 is 1.44. The first-order valence-electron chi connectivity index (χ1n) is 9.80. The minimum atomic E-state index is -0.450. The van der Waals surface area contributed by atoms with E-state index in [1.807, 2.05) is 12.1 Å². The molecule has 1 atom stereocenters. The number of carbonyl (C=O) groups is 3. The Balaban J connectivity index is 1.70. The topological polar surface area (TPSA) is 106 Å². The molecule has 8 nitrogen and oxygen atoms in total. The molecule has 3 rings (SSSR count). The van der Waals surface area contributed by atoms with Gasteiger partial charge in [-0.1, -0.05) is 12.1 Å². The van der Waals surface area contributed by atoms with Crippen molar-refractivity contribution in [1.82, 2.24) is 0 Å². The number of hydrogen-bond donors (Lipinski definition) is 0. The van der Waals surface area contributed by atoms with Crippen LogP contribution in [0.2, 0.25) is 0 Å². The summed E-state index contributed by atoms with van der Waals surface area (Å²) in [4.78, 5) is 38.1. The largest absolute Gasteiger partial charge is 0.469 e. The van der Waals surface area contributed by atoms with Crippen LogP contribution >= 0.6 is 11.8 Å². The molecular weight excluding hydrogens is 432 g/mol. The molecule has 0 aromatic heterocycles. The number of carbonyl (C=O) groups excluding carboxylic acids is 3. The summed E-state index contributed by atoms with van der Waals surface area (Å²) in [6, 6.07) is 14.2. The zero-order chi connectivity index (χ0) is 23.1. The molecule has 1 aliphatic heterocycles. The second-order valence-corrected chi connectivity index (χ2v) is 8.10. The number of thioether (sulfide) groups is 1. The molecule has 1 heterocycles. The van der Waals surface area contributed by atoms with Crippen molar-refractivity contribution in [3.63, 3.8) is 0 Å². The molecule has 0 spiro atoms. The van der Waals surface area contributed by atoms with Crippen LogP contribution in [0.15, 0.2) is 47.4 Å². The van der Waals surface area contributed by atoms with E-state index in [2.05, 4.69) is 0 Å². The van der Waals surface area contributed by atoms with E-state index >= 15 is 0 Å². The normalized spacial score (nSPS) is 15.1. The second kappa shape index (κ2) is 10.7. The first-order chi connectivity index (χ1) is 15.4. The van der Waals surface area contributed by atoms with Crippen molar-refractivity contribution >= 4 is 35.5 Å². The molecule has 1 aliphatic rings. The Morgan fingerprint density at radius 2 is 1.81 bits per heavy atom. The van der Waals surface area contributed by atoms with Gasteiger partial charge < -0.3 is 14.2 Å². The van der Waals surface area contributed by atoms with Gasteiger partial charge in [-0.05, 0) is 41.5 Å². The molecule has 1 amide bonds. The molecule has 2 aromatic rings. The van der Waals surface area contributed by atoms with Gasteiger partial charge in [0.25, 0.3) is 0 Å². The third kappa shape index (κ3) is 5.80. The Morgan fingerprint density at radius 1 is 1.12 bits per heavy atom. The van der Waals surface area contributed by atoms with Crippen molar-refractivity contribution in [2.24, 2.45) is 0 Å². The second-order valence-electron chi connectivity index (χ2n) is 7.03. The molecule has 1 saturated heterocycles. The predicted octanol–water partition coefficient (Wildman–Crippen LogP) is 3.11. The Hall–Kier alpha value is -3.51. The highest BCUT2D eigenvalue weighted by molar-refractivity contribution is 7.99. The van der Waals surface area contributed by atoms with E-state index in [9.17, 15) is 14.4 Å². The fourth-order valence-corrected chi connectivity index (χ4v) is 4.27. The van der Waals surface area contributed by atoms with E-state index in [1.165, 1.54) is 30.9 Å². The van der Waals surface area contributed by atoms with E-state index in [0.29, 0.717) is 23.5 Å². The third-order valence-corrected chi connectivity index (χ3v) is 6.11. The molecule has 0 radical (unpaired) electrons. The number of amides is 1. The molecule has 166 valence electrons. The predicted molar refractivity (Wildman–Crippen MR) is 117 cm³/mol. The SMILES string of the molecule is COC(=O)Cc1ccc(CC(=O)OC)c(SCC2CN(c3ccc(C#N)cc3)C(=O)O2)c1. The lowest BCUT2D eigenvalue weighted by Crippen LogP contribution is -2.24. The number of anilines is 1. The van der Waals surface area contributed by atoms with Crippen molar-refractivity contribution in [2.75, 3.05) is 31.4 Å². The van der Waals surface area contributed by atoms with Gasteiger partial charge in [-0.15, -0.1) is 11.8 Å². The molecule has 1 unspecified atom stereocenters. The smallest absolute Gasteiger partial charge is 0.414 e. The Kier molecular flexibility index (Phi) is 7.73. The van der Waals surface area contributed by atoms with Gasteiger partial charge >= 0.3 is 18.0 Å². The summed E-state index contributed by atoms with van der Waals surface area (Å²) in [6.07, 6.45) is -0.597. The quantitative estimate of drug-likeness (QED) is 0.340. The van der Waals surface area contributed by atoms with E-state index in [4.69, 9.17) is 19.5 Å². The number of benzene rings is 2. The van der Waals surface area contributed by atoms with Crippen molar-refractivity contribution in [1.29, 1.82) is 5.26 Å². The van der Waals surface area contributed by atoms with Crippen LogP contribution in [-0.4, -0.2) is 50.7 Å². The number of nitrogens with zero attached hydrogens (tertiary/aromatic N) is 2. The van der Waals surface area contributed by atoms with Crippen LogP contribution in [0.5, 0.6) is 0 Å². The summed E-state index contributed by atoms with van der Waals surface area (Å²) in [6.45, 7) is 0.367. The van der Waals surface area contributed by atoms with Gasteiger partial charge in [-0.2, -0.15) is 5.26 Å².